The van der Waals surface area contributed by atoms with Crippen LogP contribution in [0.4, 0.5) is 0 Å². The van der Waals surface area contributed by atoms with Crippen molar-refractivity contribution in [2.24, 2.45) is 0 Å². The number of rotatable bonds is 0. The lowest BCUT2D eigenvalue weighted by Gasteiger charge is -2.43. The van der Waals surface area contributed by atoms with Crippen molar-refractivity contribution in [3.63, 3.8) is 0 Å². The predicted molar refractivity (Wildman–Crippen MR) is 62.3 cm³/mol. The fourth-order valence-electron chi connectivity index (χ4n) is 3.30. The molecule has 2 aliphatic rings. The topological polar surface area (TPSA) is 29.5 Å². The molecule has 2 heteroatoms. The molecule has 16 heavy (non-hydrogen) atoms. The molecule has 3 rings (SSSR count). The zero-order valence-electron chi connectivity index (χ0n) is 9.48. The zero-order chi connectivity index (χ0) is 11.0. The molecule has 2 unspecified atom stereocenters. The summed E-state index contributed by atoms with van der Waals surface area (Å²) in [7, 11) is 0. The van der Waals surface area contributed by atoms with Gasteiger partial charge >= 0.3 is 0 Å². The Balaban J connectivity index is 2.02. The summed E-state index contributed by atoms with van der Waals surface area (Å²) in [5.41, 5.74) is 2.81. The highest BCUT2D eigenvalue weighted by Crippen LogP contribution is 2.43. The molecule has 1 heterocycles. The van der Waals surface area contributed by atoms with Gasteiger partial charge in [0.25, 0.3) is 0 Å². The summed E-state index contributed by atoms with van der Waals surface area (Å²) in [6.07, 6.45) is 3.93. The number of ether oxygens (including phenoxy) is 1. The van der Waals surface area contributed by atoms with E-state index in [1.54, 1.807) is 0 Å². The van der Waals surface area contributed by atoms with E-state index in [4.69, 9.17) is 4.74 Å². The van der Waals surface area contributed by atoms with Gasteiger partial charge in [-0.2, -0.15) is 0 Å². The van der Waals surface area contributed by atoms with E-state index in [1.165, 1.54) is 11.1 Å². The first-order chi connectivity index (χ1) is 7.80. The van der Waals surface area contributed by atoms with Gasteiger partial charge in [-0.25, -0.2) is 0 Å². The van der Waals surface area contributed by atoms with Crippen LogP contribution in [0.5, 0.6) is 0 Å². The molecule has 1 fully saturated rings. The molecule has 1 aliphatic heterocycles. The highest BCUT2D eigenvalue weighted by Gasteiger charge is 2.40. The van der Waals surface area contributed by atoms with E-state index in [0.717, 1.165) is 38.9 Å². The van der Waals surface area contributed by atoms with Crippen LogP contribution >= 0.6 is 0 Å². The SMILES string of the molecule is OC1CCCC2(COCc3ccccc32)C1. The number of fused-ring (bicyclic) bond motifs is 2. The summed E-state index contributed by atoms with van der Waals surface area (Å²) in [6.45, 7) is 1.51. The maximum atomic E-state index is 9.90. The van der Waals surface area contributed by atoms with E-state index in [2.05, 4.69) is 24.3 Å². The Bertz CT molecular complexity index is 388. The van der Waals surface area contributed by atoms with Crippen molar-refractivity contribution in [3.8, 4) is 0 Å². The van der Waals surface area contributed by atoms with Crippen molar-refractivity contribution in [2.45, 2.75) is 43.8 Å². The van der Waals surface area contributed by atoms with E-state index in [0.29, 0.717) is 0 Å². The lowest BCUT2D eigenvalue weighted by Crippen LogP contribution is -2.42. The van der Waals surface area contributed by atoms with Gasteiger partial charge < -0.3 is 9.84 Å². The largest absolute Gasteiger partial charge is 0.393 e. The molecule has 0 amide bonds. The molecule has 0 aromatic heterocycles. The third-order valence-electron chi connectivity index (χ3n) is 4.04. The van der Waals surface area contributed by atoms with Gasteiger partial charge in [0.15, 0.2) is 0 Å². The number of hydrogen-bond donors (Lipinski definition) is 1. The molecule has 1 N–H and O–H groups in total. The van der Waals surface area contributed by atoms with Gasteiger partial charge in [0, 0.05) is 5.41 Å². The van der Waals surface area contributed by atoms with Gasteiger partial charge in [-0.1, -0.05) is 24.3 Å². The highest BCUT2D eigenvalue weighted by atomic mass is 16.5. The molecule has 1 aromatic carbocycles. The first-order valence-electron chi connectivity index (χ1n) is 6.14. The minimum absolute atomic E-state index is 0.0898. The van der Waals surface area contributed by atoms with Crippen LogP contribution < -0.4 is 0 Å². The second-order valence-electron chi connectivity index (χ2n) is 5.18. The van der Waals surface area contributed by atoms with Gasteiger partial charge in [0.05, 0.1) is 19.3 Å². The smallest absolute Gasteiger partial charge is 0.0720 e. The molecule has 86 valence electrons. The van der Waals surface area contributed by atoms with Crippen LogP contribution in [0.25, 0.3) is 0 Å². The molecule has 1 spiro atoms. The number of aliphatic hydroxyl groups is 1. The van der Waals surface area contributed by atoms with E-state index in [1.807, 2.05) is 0 Å². The molecular weight excluding hydrogens is 200 g/mol. The highest BCUT2D eigenvalue weighted by molar-refractivity contribution is 5.36. The van der Waals surface area contributed by atoms with Gasteiger partial charge in [-0.05, 0) is 36.8 Å². The molecule has 0 bridgehead atoms. The molecule has 2 nitrogen and oxygen atoms in total. The molecule has 1 aromatic rings. The Hall–Kier alpha value is -0.860. The minimum atomic E-state index is -0.150. The Labute approximate surface area is 96.2 Å². The fraction of sp³-hybridized carbons (Fsp3) is 0.571. The Morgan fingerprint density at radius 2 is 2.19 bits per heavy atom. The normalized spacial score (nSPS) is 33.7. The van der Waals surface area contributed by atoms with Crippen molar-refractivity contribution in [1.82, 2.24) is 0 Å². The Morgan fingerprint density at radius 3 is 3.06 bits per heavy atom. The number of hydrogen-bond acceptors (Lipinski definition) is 2. The molecule has 1 saturated carbocycles. The van der Waals surface area contributed by atoms with Crippen LogP contribution in [-0.2, 0) is 16.8 Å². The van der Waals surface area contributed by atoms with Crippen molar-refractivity contribution >= 4 is 0 Å². The summed E-state index contributed by atoms with van der Waals surface area (Å²) in [4.78, 5) is 0. The number of benzene rings is 1. The number of aliphatic hydroxyl groups excluding tert-OH is 1. The standard InChI is InChI=1S/C14H18O2/c15-12-5-3-7-14(8-12)10-16-9-11-4-1-2-6-13(11)14/h1-2,4,6,12,15H,3,5,7-10H2. The molecule has 2 atom stereocenters. The van der Waals surface area contributed by atoms with Crippen molar-refractivity contribution < 1.29 is 9.84 Å². The monoisotopic (exact) mass is 218 g/mol. The summed E-state index contributed by atoms with van der Waals surface area (Å²) < 4.78 is 5.73. The van der Waals surface area contributed by atoms with Crippen LogP contribution in [0, 0.1) is 0 Å². The van der Waals surface area contributed by atoms with Crippen molar-refractivity contribution in [2.75, 3.05) is 6.61 Å². The minimum Gasteiger partial charge on any atom is -0.393 e. The van der Waals surface area contributed by atoms with Crippen LogP contribution in [-0.4, -0.2) is 17.8 Å². The van der Waals surface area contributed by atoms with Crippen LogP contribution in [0.3, 0.4) is 0 Å². The van der Waals surface area contributed by atoms with E-state index < -0.39 is 0 Å². The van der Waals surface area contributed by atoms with E-state index in [-0.39, 0.29) is 11.5 Å². The first kappa shape index (κ1) is 10.3. The van der Waals surface area contributed by atoms with Crippen molar-refractivity contribution in [3.05, 3.63) is 35.4 Å². The second kappa shape index (κ2) is 3.86. The van der Waals surface area contributed by atoms with Crippen molar-refractivity contribution in [1.29, 1.82) is 0 Å². The molecule has 0 saturated heterocycles. The molecular formula is C14H18O2. The van der Waals surface area contributed by atoms with Gasteiger partial charge in [-0.15, -0.1) is 0 Å². The van der Waals surface area contributed by atoms with Crippen LogP contribution in [0.2, 0.25) is 0 Å². The summed E-state index contributed by atoms with van der Waals surface area (Å²) >= 11 is 0. The maximum absolute atomic E-state index is 9.90. The molecule has 0 radical (unpaired) electrons. The summed E-state index contributed by atoms with van der Waals surface area (Å²) in [6, 6.07) is 8.54. The zero-order valence-corrected chi connectivity index (χ0v) is 9.48. The average molecular weight is 218 g/mol. The van der Waals surface area contributed by atoms with Crippen LogP contribution in [0.1, 0.15) is 36.8 Å². The quantitative estimate of drug-likeness (QED) is 0.724. The van der Waals surface area contributed by atoms with Gasteiger partial charge in [0.1, 0.15) is 0 Å². The average Bonchev–Trinajstić information content (AvgIpc) is 2.30. The lowest BCUT2D eigenvalue weighted by molar-refractivity contribution is -0.000626. The maximum Gasteiger partial charge on any atom is 0.0720 e. The second-order valence-corrected chi connectivity index (χ2v) is 5.18. The Kier molecular flexibility index (Phi) is 2.49. The third kappa shape index (κ3) is 1.57. The van der Waals surface area contributed by atoms with E-state index in [9.17, 15) is 5.11 Å². The molecule has 1 aliphatic carbocycles. The summed E-state index contributed by atoms with van der Waals surface area (Å²) in [5, 5.41) is 9.90. The third-order valence-corrected chi connectivity index (χ3v) is 4.04. The van der Waals surface area contributed by atoms with Crippen LogP contribution in [0.15, 0.2) is 24.3 Å². The predicted octanol–water partition coefficient (Wildman–Crippen LogP) is 2.39. The first-order valence-corrected chi connectivity index (χ1v) is 6.14. The van der Waals surface area contributed by atoms with Gasteiger partial charge in [0.2, 0.25) is 0 Å². The van der Waals surface area contributed by atoms with E-state index >= 15 is 0 Å². The lowest BCUT2D eigenvalue weighted by atomic mass is 9.67. The summed E-state index contributed by atoms with van der Waals surface area (Å²) in [5.74, 6) is 0. The fourth-order valence-corrected chi connectivity index (χ4v) is 3.30. The Morgan fingerprint density at radius 1 is 1.31 bits per heavy atom. The van der Waals surface area contributed by atoms with Gasteiger partial charge in [-0.3, -0.25) is 0 Å².